The predicted octanol–water partition coefficient (Wildman–Crippen LogP) is 4.88. The molecule has 1 amide bonds. The molecule has 2 aromatic carbocycles. The van der Waals surface area contributed by atoms with Crippen molar-refractivity contribution < 1.29 is 13.6 Å². The lowest BCUT2D eigenvalue weighted by molar-refractivity contribution is 0.101. The van der Waals surface area contributed by atoms with E-state index >= 15 is 0 Å². The third-order valence-corrected chi connectivity index (χ3v) is 4.60. The third kappa shape index (κ3) is 3.67. The summed E-state index contributed by atoms with van der Waals surface area (Å²) >= 11 is 0. The number of nitrogens with one attached hydrogen (secondary N) is 2. The lowest BCUT2D eigenvalue weighted by Gasteiger charge is -2.09. The Morgan fingerprint density at radius 3 is 2.31 bits per heavy atom. The van der Waals surface area contributed by atoms with Gasteiger partial charge in [0.25, 0.3) is 5.91 Å². The molecular formula is C22H18F2N4O. The number of imidazole rings is 1. The SMILES string of the molecule is CNc1cc(F)c(C(=O)Nc2ccc(-c3cn4cc(C)ccc4n3)cc2)c(F)c1. The van der Waals surface area contributed by atoms with Crippen molar-refractivity contribution >= 4 is 22.9 Å². The first kappa shape index (κ1) is 18.6. The second kappa shape index (κ2) is 7.35. The number of amides is 1. The molecule has 0 aliphatic heterocycles. The third-order valence-electron chi connectivity index (χ3n) is 4.60. The Bertz CT molecular complexity index is 1190. The summed E-state index contributed by atoms with van der Waals surface area (Å²) in [7, 11) is 1.54. The predicted molar refractivity (Wildman–Crippen MR) is 109 cm³/mol. The molecular weight excluding hydrogens is 374 g/mol. The maximum absolute atomic E-state index is 14.1. The van der Waals surface area contributed by atoms with Gasteiger partial charge in [-0.05, 0) is 42.8 Å². The standard InChI is InChI=1S/C22H18F2N4O/c1-13-3-8-20-27-19(12-28(20)11-13)14-4-6-15(7-5-14)26-22(29)21-17(23)9-16(25-2)10-18(21)24/h3-12,25H,1-2H3,(H,26,29). The molecule has 0 fully saturated rings. The molecule has 29 heavy (non-hydrogen) atoms. The Balaban J connectivity index is 1.56. The largest absolute Gasteiger partial charge is 0.388 e. The van der Waals surface area contributed by atoms with Crippen molar-refractivity contribution in [3.63, 3.8) is 0 Å². The highest BCUT2D eigenvalue weighted by molar-refractivity contribution is 6.05. The molecule has 4 aromatic rings. The van der Waals surface area contributed by atoms with Crippen LogP contribution in [0.4, 0.5) is 20.2 Å². The molecule has 0 unspecified atom stereocenters. The van der Waals surface area contributed by atoms with Crippen molar-refractivity contribution in [3.8, 4) is 11.3 Å². The van der Waals surface area contributed by atoms with E-state index in [-0.39, 0.29) is 5.69 Å². The first-order chi connectivity index (χ1) is 13.9. The first-order valence-corrected chi connectivity index (χ1v) is 8.98. The van der Waals surface area contributed by atoms with Crippen LogP contribution in [0.3, 0.4) is 0 Å². The van der Waals surface area contributed by atoms with Crippen LogP contribution in [0.5, 0.6) is 0 Å². The van der Waals surface area contributed by atoms with Crippen molar-refractivity contribution in [2.24, 2.45) is 0 Å². The number of hydrogen-bond donors (Lipinski definition) is 2. The van der Waals surface area contributed by atoms with Gasteiger partial charge in [-0.2, -0.15) is 0 Å². The van der Waals surface area contributed by atoms with Crippen LogP contribution < -0.4 is 10.6 Å². The molecule has 0 bridgehead atoms. The summed E-state index contributed by atoms with van der Waals surface area (Å²) in [5.41, 5.74) is 3.66. The zero-order chi connectivity index (χ0) is 20.5. The fraction of sp³-hybridized carbons (Fsp3) is 0.0909. The Morgan fingerprint density at radius 2 is 1.66 bits per heavy atom. The molecule has 0 atom stereocenters. The Hall–Kier alpha value is -3.74. The summed E-state index contributed by atoms with van der Waals surface area (Å²) in [4.78, 5) is 16.9. The smallest absolute Gasteiger partial charge is 0.261 e. The number of rotatable bonds is 4. The van der Waals surface area contributed by atoms with E-state index in [2.05, 4.69) is 15.6 Å². The van der Waals surface area contributed by atoms with Crippen LogP contribution in [0.2, 0.25) is 0 Å². The summed E-state index contributed by atoms with van der Waals surface area (Å²) in [5.74, 6) is -2.70. The topological polar surface area (TPSA) is 58.4 Å². The van der Waals surface area contributed by atoms with Crippen molar-refractivity contribution in [1.82, 2.24) is 9.38 Å². The van der Waals surface area contributed by atoms with E-state index in [1.165, 1.54) is 0 Å². The number of aromatic nitrogens is 2. The van der Waals surface area contributed by atoms with Crippen molar-refractivity contribution in [2.75, 3.05) is 17.7 Å². The van der Waals surface area contributed by atoms with Gasteiger partial charge in [0.15, 0.2) is 0 Å². The minimum absolute atomic E-state index is 0.253. The van der Waals surface area contributed by atoms with Crippen molar-refractivity contribution in [1.29, 1.82) is 0 Å². The van der Waals surface area contributed by atoms with Crippen LogP contribution >= 0.6 is 0 Å². The normalized spacial score (nSPS) is 10.9. The first-order valence-electron chi connectivity index (χ1n) is 8.98. The van der Waals surface area contributed by atoms with E-state index in [0.29, 0.717) is 5.69 Å². The number of hydrogen-bond acceptors (Lipinski definition) is 3. The van der Waals surface area contributed by atoms with Crippen LogP contribution in [0.15, 0.2) is 60.9 Å². The summed E-state index contributed by atoms with van der Waals surface area (Å²) in [6.45, 7) is 2.01. The van der Waals surface area contributed by atoms with Gasteiger partial charge in [0.2, 0.25) is 0 Å². The quantitative estimate of drug-likeness (QED) is 0.520. The maximum atomic E-state index is 14.1. The minimum atomic E-state index is -0.927. The van der Waals surface area contributed by atoms with Crippen LogP contribution in [0.1, 0.15) is 15.9 Å². The van der Waals surface area contributed by atoms with Crippen LogP contribution in [-0.4, -0.2) is 22.3 Å². The Kier molecular flexibility index (Phi) is 4.72. The number of anilines is 2. The monoisotopic (exact) mass is 392 g/mol. The Morgan fingerprint density at radius 1 is 0.966 bits per heavy atom. The molecule has 5 nitrogen and oxygen atoms in total. The molecule has 0 radical (unpaired) electrons. The molecule has 0 saturated heterocycles. The number of aryl methyl sites for hydroxylation is 1. The summed E-state index contributed by atoms with van der Waals surface area (Å²) in [6, 6.07) is 13.0. The number of benzene rings is 2. The van der Waals surface area contributed by atoms with E-state index in [0.717, 1.165) is 34.6 Å². The molecule has 2 heterocycles. The summed E-state index contributed by atoms with van der Waals surface area (Å²) in [6.07, 6.45) is 3.91. The summed E-state index contributed by atoms with van der Waals surface area (Å²) in [5, 5.41) is 5.16. The van der Waals surface area contributed by atoms with Gasteiger partial charge >= 0.3 is 0 Å². The number of halogens is 2. The fourth-order valence-corrected chi connectivity index (χ4v) is 3.09. The molecule has 0 saturated carbocycles. The number of carbonyl (C=O) groups is 1. The van der Waals surface area contributed by atoms with Gasteiger partial charge in [0.1, 0.15) is 22.8 Å². The molecule has 0 spiro atoms. The van der Waals surface area contributed by atoms with Gasteiger partial charge in [0, 0.05) is 36.4 Å². The van der Waals surface area contributed by atoms with E-state index in [1.807, 2.05) is 35.9 Å². The lowest BCUT2D eigenvalue weighted by Crippen LogP contribution is -2.16. The van der Waals surface area contributed by atoms with E-state index in [9.17, 15) is 13.6 Å². The van der Waals surface area contributed by atoms with Gasteiger partial charge in [-0.25, -0.2) is 13.8 Å². The average molecular weight is 392 g/mol. The number of carbonyl (C=O) groups excluding carboxylic acids is 1. The van der Waals surface area contributed by atoms with Crippen LogP contribution in [0.25, 0.3) is 16.9 Å². The number of nitrogens with zero attached hydrogens (tertiary/aromatic N) is 2. The van der Waals surface area contributed by atoms with E-state index in [1.54, 1.807) is 31.3 Å². The van der Waals surface area contributed by atoms with Gasteiger partial charge in [-0.1, -0.05) is 18.2 Å². The van der Waals surface area contributed by atoms with Gasteiger partial charge in [0.05, 0.1) is 5.69 Å². The second-order valence-corrected chi connectivity index (χ2v) is 6.69. The summed E-state index contributed by atoms with van der Waals surface area (Å²) < 4.78 is 30.2. The second-order valence-electron chi connectivity index (χ2n) is 6.69. The Labute approximate surface area is 166 Å². The zero-order valence-corrected chi connectivity index (χ0v) is 15.8. The van der Waals surface area contributed by atoms with Crippen molar-refractivity contribution in [2.45, 2.75) is 6.92 Å². The molecule has 0 aliphatic carbocycles. The highest BCUT2D eigenvalue weighted by Gasteiger charge is 2.19. The van der Waals surface area contributed by atoms with Gasteiger partial charge in [-0.15, -0.1) is 0 Å². The molecule has 7 heteroatoms. The molecule has 0 aliphatic rings. The fourth-order valence-electron chi connectivity index (χ4n) is 3.09. The van der Waals surface area contributed by atoms with Crippen molar-refractivity contribution in [3.05, 3.63) is 83.7 Å². The van der Waals surface area contributed by atoms with E-state index in [4.69, 9.17) is 0 Å². The minimum Gasteiger partial charge on any atom is -0.388 e. The van der Waals surface area contributed by atoms with Gasteiger partial charge < -0.3 is 15.0 Å². The number of pyridine rings is 1. The molecule has 146 valence electrons. The zero-order valence-electron chi connectivity index (χ0n) is 15.8. The highest BCUT2D eigenvalue weighted by atomic mass is 19.1. The van der Waals surface area contributed by atoms with E-state index < -0.39 is 23.1 Å². The average Bonchev–Trinajstić information content (AvgIpc) is 3.11. The lowest BCUT2D eigenvalue weighted by atomic mass is 10.1. The highest BCUT2D eigenvalue weighted by Crippen LogP contribution is 2.23. The molecule has 2 N–H and O–H groups in total. The molecule has 2 aromatic heterocycles. The molecule has 4 rings (SSSR count). The number of fused-ring (bicyclic) bond motifs is 1. The maximum Gasteiger partial charge on any atom is 0.261 e. The van der Waals surface area contributed by atoms with Crippen LogP contribution in [-0.2, 0) is 0 Å². The van der Waals surface area contributed by atoms with Crippen LogP contribution in [0, 0.1) is 18.6 Å². The van der Waals surface area contributed by atoms with Gasteiger partial charge in [-0.3, -0.25) is 4.79 Å².